The molecule has 182 valence electrons. The fourth-order valence-electron chi connectivity index (χ4n) is 4.63. The molecule has 1 aliphatic heterocycles. The van der Waals surface area contributed by atoms with E-state index in [2.05, 4.69) is 28.9 Å². The van der Waals surface area contributed by atoms with E-state index in [-0.39, 0.29) is 17.0 Å². The van der Waals surface area contributed by atoms with Crippen molar-refractivity contribution < 1.29 is 13.6 Å². The third kappa shape index (κ3) is 5.81. The first-order valence-electron chi connectivity index (χ1n) is 11.7. The molecular weight excluding hydrogens is 453 g/mol. The van der Waals surface area contributed by atoms with E-state index < -0.39 is 0 Å². The summed E-state index contributed by atoms with van der Waals surface area (Å²) < 4.78 is 21.2. The van der Waals surface area contributed by atoms with Crippen molar-refractivity contribution in [2.45, 2.75) is 50.7 Å². The molecule has 3 heterocycles. The molecule has 3 aromatic rings. The molecule has 2 aromatic heterocycles. The SMILES string of the molecule is CC1CC(C)CN(c2nnc(SC(C)C(=O)N(C)Cc3cccc(F)c3)n2Cc2ccco2)C1. The van der Waals surface area contributed by atoms with Gasteiger partial charge in [0.15, 0.2) is 5.16 Å². The first-order valence-corrected chi connectivity index (χ1v) is 12.5. The molecule has 4 rings (SSSR count). The third-order valence-electron chi connectivity index (χ3n) is 6.06. The number of aromatic nitrogens is 3. The lowest BCUT2D eigenvalue weighted by molar-refractivity contribution is -0.129. The van der Waals surface area contributed by atoms with Crippen LogP contribution in [0.4, 0.5) is 10.3 Å². The Bertz CT molecular complexity index is 1090. The van der Waals surface area contributed by atoms with Gasteiger partial charge in [-0.1, -0.05) is 37.7 Å². The van der Waals surface area contributed by atoms with Gasteiger partial charge < -0.3 is 14.2 Å². The molecule has 1 fully saturated rings. The molecule has 1 aliphatic rings. The average Bonchev–Trinajstić information content (AvgIpc) is 3.43. The molecule has 1 aromatic carbocycles. The number of amides is 1. The van der Waals surface area contributed by atoms with Crippen LogP contribution in [0.5, 0.6) is 0 Å². The Labute approximate surface area is 204 Å². The van der Waals surface area contributed by atoms with Crippen LogP contribution in [0.15, 0.2) is 52.2 Å². The molecule has 0 spiro atoms. The van der Waals surface area contributed by atoms with Gasteiger partial charge in [0.05, 0.1) is 18.1 Å². The molecule has 7 nitrogen and oxygen atoms in total. The van der Waals surface area contributed by atoms with Gasteiger partial charge in [0.25, 0.3) is 0 Å². The molecule has 3 atom stereocenters. The van der Waals surface area contributed by atoms with E-state index in [0.29, 0.717) is 30.1 Å². The minimum atomic E-state index is -0.384. The maximum Gasteiger partial charge on any atom is 0.235 e. The zero-order valence-corrected chi connectivity index (χ0v) is 21.0. The summed E-state index contributed by atoms with van der Waals surface area (Å²) >= 11 is 1.38. The van der Waals surface area contributed by atoms with Crippen LogP contribution in [0.3, 0.4) is 0 Å². The second-order valence-electron chi connectivity index (χ2n) is 9.38. The van der Waals surface area contributed by atoms with Gasteiger partial charge in [-0.3, -0.25) is 9.36 Å². The molecule has 1 amide bonds. The molecule has 34 heavy (non-hydrogen) atoms. The fraction of sp³-hybridized carbons (Fsp3) is 0.480. The van der Waals surface area contributed by atoms with E-state index in [4.69, 9.17) is 4.42 Å². The Kier molecular flexibility index (Phi) is 7.60. The lowest BCUT2D eigenvalue weighted by Gasteiger charge is -2.35. The van der Waals surface area contributed by atoms with E-state index >= 15 is 0 Å². The monoisotopic (exact) mass is 485 g/mol. The largest absolute Gasteiger partial charge is 0.467 e. The summed E-state index contributed by atoms with van der Waals surface area (Å²) in [7, 11) is 1.74. The van der Waals surface area contributed by atoms with Crippen molar-refractivity contribution in [3.63, 3.8) is 0 Å². The Hall–Kier alpha value is -2.81. The molecule has 0 aliphatic carbocycles. The fourth-order valence-corrected chi connectivity index (χ4v) is 5.59. The minimum absolute atomic E-state index is 0.0522. The number of nitrogens with zero attached hydrogens (tertiary/aromatic N) is 5. The topological polar surface area (TPSA) is 67.4 Å². The predicted octanol–water partition coefficient (Wildman–Crippen LogP) is 4.68. The summed E-state index contributed by atoms with van der Waals surface area (Å²) in [6.07, 6.45) is 2.86. The van der Waals surface area contributed by atoms with E-state index in [1.54, 1.807) is 24.3 Å². The number of furan rings is 1. The molecule has 0 saturated carbocycles. The number of carbonyl (C=O) groups is 1. The van der Waals surface area contributed by atoms with Crippen LogP contribution in [0.2, 0.25) is 0 Å². The second-order valence-corrected chi connectivity index (χ2v) is 10.7. The standard InChI is InChI=1S/C25H32FN5O2S/c1-17-11-18(2)14-30(13-17)24-27-28-25(31(24)16-22-9-6-10-33-22)34-19(3)23(32)29(4)15-20-7-5-8-21(26)12-20/h5-10,12,17-19H,11,13-16H2,1-4H3. The van der Waals surface area contributed by atoms with E-state index in [0.717, 1.165) is 30.4 Å². The summed E-state index contributed by atoms with van der Waals surface area (Å²) in [6.45, 7) is 9.09. The van der Waals surface area contributed by atoms with Crippen LogP contribution in [0.25, 0.3) is 0 Å². The van der Waals surface area contributed by atoms with Gasteiger partial charge in [-0.25, -0.2) is 4.39 Å². The van der Waals surface area contributed by atoms with Gasteiger partial charge in [-0.05, 0) is 55.0 Å². The van der Waals surface area contributed by atoms with Crippen LogP contribution in [0.1, 0.15) is 38.5 Å². The molecule has 1 saturated heterocycles. The third-order valence-corrected chi connectivity index (χ3v) is 7.13. The summed E-state index contributed by atoms with van der Waals surface area (Å²) in [4.78, 5) is 17.0. The number of rotatable bonds is 8. The number of thioether (sulfide) groups is 1. The van der Waals surface area contributed by atoms with Crippen LogP contribution < -0.4 is 4.90 Å². The van der Waals surface area contributed by atoms with Crippen LogP contribution in [-0.2, 0) is 17.9 Å². The first kappa shape index (κ1) is 24.3. The van der Waals surface area contributed by atoms with E-state index in [1.165, 1.54) is 30.3 Å². The van der Waals surface area contributed by atoms with Crippen molar-refractivity contribution in [2.24, 2.45) is 11.8 Å². The maximum absolute atomic E-state index is 13.5. The number of hydrogen-bond donors (Lipinski definition) is 0. The highest BCUT2D eigenvalue weighted by Crippen LogP contribution is 2.31. The second kappa shape index (κ2) is 10.6. The van der Waals surface area contributed by atoms with E-state index in [1.807, 2.05) is 29.7 Å². The predicted molar refractivity (Wildman–Crippen MR) is 131 cm³/mol. The normalized spacial score (nSPS) is 19.3. The lowest BCUT2D eigenvalue weighted by atomic mass is 9.92. The van der Waals surface area contributed by atoms with E-state index in [9.17, 15) is 9.18 Å². The highest BCUT2D eigenvalue weighted by molar-refractivity contribution is 8.00. The Morgan fingerprint density at radius 1 is 1.24 bits per heavy atom. The smallest absolute Gasteiger partial charge is 0.235 e. The summed E-state index contributed by atoms with van der Waals surface area (Å²) in [5.74, 6) is 2.41. The Balaban J connectivity index is 1.52. The lowest BCUT2D eigenvalue weighted by Crippen LogP contribution is -2.40. The van der Waals surface area contributed by atoms with Gasteiger partial charge in [-0.15, -0.1) is 10.2 Å². The van der Waals surface area contributed by atoms with Crippen molar-refractivity contribution in [3.05, 3.63) is 59.8 Å². The molecule has 0 radical (unpaired) electrons. The number of hydrogen-bond acceptors (Lipinski definition) is 6. The quantitative estimate of drug-likeness (QED) is 0.432. The molecule has 3 unspecified atom stereocenters. The molecule has 0 N–H and O–H groups in total. The maximum atomic E-state index is 13.5. The number of anilines is 1. The van der Waals surface area contributed by atoms with Gasteiger partial charge in [0.2, 0.25) is 11.9 Å². The summed E-state index contributed by atoms with van der Waals surface area (Å²) in [5, 5.41) is 9.30. The van der Waals surface area contributed by atoms with Gasteiger partial charge in [0.1, 0.15) is 11.6 Å². The Morgan fingerprint density at radius 3 is 2.68 bits per heavy atom. The van der Waals surface area contributed by atoms with Crippen molar-refractivity contribution in [1.29, 1.82) is 0 Å². The average molecular weight is 486 g/mol. The zero-order valence-electron chi connectivity index (χ0n) is 20.1. The molecule has 0 bridgehead atoms. The Morgan fingerprint density at radius 2 is 2.00 bits per heavy atom. The van der Waals surface area contributed by atoms with Crippen molar-refractivity contribution in [1.82, 2.24) is 19.7 Å². The highest BCUT2D eigenvalue weighted by Gasteiger charge is 2.29. The van der Waals surface area contributed by atoms with Crippen LogP contribution in [-0.4, -0.2) is 51.0 Å². The molecule has 9 heteroatoms. The van der Waals surface area contributed by atoms with Crippen LogP contribution in [0, 0.1) is 17.7 Å². The number of benzene rings is 1. The minimum Gasteiger partial charge on any atom is -0.467 e. The number of piperidine rings is 1. The zero-order chi connectivity index (χ0) is 24.2. The number of halogens is 1. The van der Waals surface area contributed by atoms with Gasteiger partial charge in [0, 0.05) is 26.7 Å². The van der Waals surface area contributed by atoms with Gasteiger partial charge in [-0.2, -0.15) is 0 Å². The highest BCUT2D eigenvalue weighted by atomic mass is 32.2. The molecular formula is C25H32FN5O2S. The number of carbonyl (C=O) groups excluding carboxylic acids is 1. The van der Waals surface area contributed by atoms with Crippen molar-refractivity contribution in [3.8, 4) is 0 Å². The summed E-state index contributed by atoms with van der Waals surface area (Å²) in [6, 6.07) is 10.1. The first-order chi connectivity index (χ1) is 16.3. The summed E-state index contributed by atoms with van der Waals surface area (Å²) in [5.41, 5.74) is 0.754. The van der Waals surface area contributed by atoms with Crippen LogP contribution >= 0.6 is 11.8 Å². The van der Waals surface area contributed by atoms with Gasteiger partial charge >= 0.3 is 0 Å². The van der Waals surface area contributed by atoms with Crippen molar-refractivity contribution >= 4 is 23.6 Å². The van der Waals surface area contributed by atoms with Crippen molar-refractivity contribution in [2.75, 3.05) is 25.0 Å².